The summed E-state index contributed by atoms with van der Waals surface area (Å²) in [5.41, 5.74) is 4.94. The van der Waals surface area contributed by atoms with Gasteiger partial charge in [-0.25, -0.2) is 0 Å². The molecule has 199 valence electrons. The Morgan fingerprint density at radius 2 is 1.34 bits per heavy atom. The van der Waals surface area contributed by atoms with E-state index in [1.165, 1.54) is 46.4 Å². The first-order valence-electron chi connectivity index (χ1n) is 14.7. The minimum atomic E-state index is -2.30. The van der Waals surface area contributed by atoms with Crippen molar-refractivity contribution in [3.05, 3.63) is 81.3 Å². The van der Waals surface area contributed by atoms with Crippen molar-refractivity contribution in [2.45, 2.75) is 80.1 Å². The van der Waals surface area contributed by atoms with Gasteiger partial charge in [-0.15, -0.1) is 0 Å². The van der Waals surface area contributed by atoms with E-state index in [9.17, 15) is 4.79 Å². The van der Waals surface area contributed by atoms with Crippen LogP contribution in [-0.2, 0) is 22.2 Å². The fourth-order valence-corrected chi connectivity index (χ4v) is 25.1. The number of hydrogen-bond acceptors (Lipinski definition) is 1. The van der Waals surface area contributed by atoms with Crippen molar-refractivity contribution in [3.8, 4) is 0 Å². The van der Waals surface area contributed by atoms with Gasteiger partial charge in [0.1, 0.15) is 0 Å². The van der Waals surface area contributed by atoms with Crippen LogP contribution in [0.2, 0.25) is 0 Å². The fraction of sp³-hybridized carbons (Fsp3) is 0.500. The number of rotatable bonds is 6. The molecule has 0 radical (unpaired) electrons. The van der Waals surface area contributed by atoms with E-state index >= 15 is 0 Å². The van der Waals surface area contributed by atoms with Crippen molar-refractivity contribution in [2.75, 3.05) is 0 Å². The molecule has 7 rings (SSSR count). The molecule has 0 aromatic heterocycles. The molecule has 0 spiro atoms. The summed E-state index contributed by atoms with van der Waals surface area (Å²) in [5.74, 6) is 1.58. The van der Waals surface area contributed by atoms with Gasteiger partial charge < -0.3 is 0 Å². The monoisotopic (exact) mass is 558 g/mol. The van der Waals surface area contributed by atoms with Crippen molar-refractivity contribution in [1.29, 1.82) is 0 Å². The summed E-state index contributed by atoms with van der Waals surface area (Å²) in [6.07, 6.45) is 7.27. The number of carbonyl (C=O) groups excluding carboxylic acids is 1. The van der Waals surface area contributed by atoms with Crippen LogP contribution in [0, 0.1) is 28.1 Å². The number of benzene rings is 2. The van der Waals surface area contributed by atoms with Crippen LogP contribution in [-0.4, -0.2) is 12.6 Å². The molecule has 38 heavy (non-hydrogen) atoms. The van der Waals surface area contributed by atoms with Gasteiger partial charge in [-0.05, 0) is 0 Å². The number of amides is 1. The normalized spacial score (nSPS) is 33.9. The predicted octanol–water partition coefficient (Wildman–Crippen LogP) is 6.43. The Labute approximate surface area is 237 Å². The average Bonchev–Trinajstić information content (AvgIpc) is 3.05. The number of nitrogens with one attached hydrogen (secondary N) is 1. The molecule has 3 atom stereocenters. The Bertz CT molecular complexity index is 1260. The topological polar surface area (TPSA) is 29.1 Å². The van der Waals surface area contributed by atoms with Gasteiger partial charge in [0.15, 0.2) is 0 Å². The summed E-state index contributed by atoms with van der Waals surface area (Å²) in [6.45, 7) is 12.6. The summed E-state index contributed by atoms with van der Waals surface area (Å²) in [4.78, 5) is 14.8. The Balaban J connectivity index is 1.45. The van der Waals surface area contributed by atoms with Crippen LogP contribution in [0.15, 0.2) is 81.3 Å². The molecular weight excluding hydrogens is 514 g/mol. The van der Waals surface area contributed by atoms with Gasteiger partial charge in [0.05, 0.1) is 0 Å². The molecular formula is C34H44NOSiTi. The Hall–Kier alpha value is -1.68. The van der Waals surface area contributed by atoms with E-state index in [0.29, 0.717) is 22.7 Å². The standard InChI is InChI=1S/C13H21NO.C12H11Si.C9H13.Ti/c1-11-3-9-4-12(2,6-11)8-13(5-9,7-11)10(14)15;1-3-7-11(8-4-1)13-12-9-5-2-6-10-12;1-6-5-7(2)9(4)8(6)3;/h9H,3-8H2,1-2H3,(H2,14,15);1-10,13H;6H,1-4H3;/q;;;+1/p-1. The van der Waals surface area contributed by atoms with Crippen LogP contribution in [0.25, 0.3) is 0 Å². The van der Waals surface area contributed by atoms with Crippen molar-refractivity contribution < 1.29 is 22.2 Å². The number of allylic oxidation sites excluding steroid dienone is 4. The molecule has 1 amide bonds. The van der Waals surface area contributed by atoms with Gasteiger partial charge in [0, 0.05) is 0 Å². The predicted molar refractivity (Wildman–Crippen MR) is 158 cm³/mol. The van der Waals surface area contributed by atoms with Gasteiger partial charge >= 0.3 is 238 Å². The van der Waals surface area contributed by atoms with Crippen LogP contribution >= 0.6 is 0 Å². The van der Waals surface area contributed by atoms with Crippen LogP contribution in [0.1, 0.15) is 80.1 Å². The van der Waals surface area contributed by atoms with Crippen LogP contribution in [0.5, 0.6) is 0 Å². The maximum absolute atomic E-state index is 14.8. The van der Waals surface area contributed by atoms with Crippen molar-refractivity contribution in [2.24, 2.45) is 28.1 Å². The molecule has 3 unspecified atom stereocenters. The molecule has 2 aromatic carbocycles. The van der Waals surface area contributed by atoms with Crippen LogP contribution in [0.4, 0.5) is 0 Å². The molecule has 0 saturated heterocycles. The van der Waals surface area contributed by atoms with E-state index in [2.05, 4.69) is 106 Å². The summed E-state index contributed by atoms with van der Waals surface area (Å²) < 4.78 is 5.68. The quantitative estimate of drug-likeness (QED) is 0.407. The first-order valence-corrected chi connectivity index (χ1v) is 20.7. The average molecular weight is 559 g/mol. The van der Waals surface area contributed by atoms with Crippen molar-refractivity contribution >= 4 is 22.9 Å². The molecule has 4 bridgehead atoms. The Morgan fingerprint density at radius 3 is 1.79 bits per heavy atom. The summed E-state index contributed by atoms with van der Waals surface area (Å²) in [6, 6.07) is 22.4. The molecule has 0 aliphatic heterocycles. The van der Waals surface area contributed by atoms with Crippen molar-refractivity contribution in [1.82, 2.24) is 3.80 Å². The van der Waals surface area contributed by atoms with E-state index in [0.717, 1.165) is 25.2 Å². The maximum atomic E-state index is 14.8. The zero-order chi connectivity index (χ0) is 26.9. The Morgan fingerprint density at radius 1 is 0.816 bits per heavy atom. The number of carbonyl (C=O) groups is 1. The van der Waals surface area contributed by atoms with Crippen LogP contribution in [0.3, 0.4) is 0 Å². The second-order valence-corrected chi connectivity index (χ2v) is 23.9. The number of hydrogen-bond donors (Lipinski definition) is 1. The minimum absolute atomic E-state index is 0.165. The molecule has 4 heteroatoms. The molecule has 2 nitrogen and oxygen atoms in total. The zero-order valence-electron chi connectivity index (χ0n) is 24.2. The zero-order valence-corrected chi connectivity index (χ0v) is 26.9. The third-order valence-electron chi connectivity index (χ3n) is 10.8. The summed E-state index contributed by atoms with van der Waals surface area (Å²) in [5, 5.41) is 2.96. The van der Waals surface area contributed by atoms with E-state index in [-0.39, 0.29) is 5.41 Å². The van der Waals surface area contributed by atoms with Crippen molar-refractivity contribution in [3.63, 3.8) is 0 Å². The van der Waals surface area contributed by atoms with Gasteiger partial charge in [0.2, 0.25) is 0 Å². The van der Waals surface area contributed by atoms with Gasteiger partial charge in [0.25, 0.3) is 0 Å². The summed E-state index contributed by atoms with van der Waals surface area (Å²) in [7, 11) is 0. The molecule has 5 aliphatic carbocycles. The fourth-order valence-electron chi connectivity index (χ4n) is 9.87. The van der Waals surface area contributed by atoms with Crippen LogP contribution < -0.4 is 14.2 Å². The van der Waals surface area contributed by atoms with E-state index < -0.39 is 24.0 Å². The third-order valence-corrected chi connectivity index (χ3v) is 24.2. The molecule has 4 saturated carbocycles. The van der Waals surface area contributed by atoms with E-state index in [4.69, 9.17) is 0 Å². The molecule has 1 N–H and O–H groups in total. The molecule has 4 fully saturated rings. The third kappa shape index (κ3) is 4.38. The van der Waals surface area contributed by atoms with Gasteiger partial charge in [-0.1, -0.05) is 0 Å². The van der Waals surface area contributed by atoms with E-state index in [1.807, 2.05) is 0 Å². The first kappa shape index (κ1) is 26.5. The summed E-state index contributed by atoms with van der Waals surface area (Å²) >= 11 is -2.30. The van der Waals surface area contributed by atoms with Gasteiger partial charge in [-0.3, -0.25) is 0 Å². The van der Waals surface area contributed by atoms with E-state index in [1.54, 1.807) is 3.88 Å². The second-order valence-electron chi connectivity index (χ2n) is 14.1. The molecule has 5 aliphatic rings. The second kappa shape index (κ2) is 9.46. The first-order chi connectivity index (χ1) is 18.0. The molecule has 2 aromatic rings. The molecule has 0 heterocycles. The Kier molecular flexibility index (Phi) is 6.61. The van der Waals surface area contributed by atoms with Gasteiger partial charge in [-0.2, -0.15) is 0 Å². The SMILES string of the molecule is CC1=C(C)C(C)[C]([Ti]([NH]C(=O)C23CC4CC(C)(CC(C)(C4)C2)C3)[SiH](c2ccccc2)c2ccccc2)=C1C.